The summed E-state index contributed by atoms with van der Waals surface area (Å²) in [6.07, 6.45) is 6.19. The van der Waals surface area contributed by atoms with Crippen molar-refractivity contribution in [2.45, 2.75) is 51.5 Å². The second-order valence-corrected chi connectivity index (χ2v) is 5.83. The highest BCUT2D eigenvalue weighted by molar-refractivity contribution is 5.19. The molecule has 0 aromatic heterocycles. The summed E-state index contributed by atoms with van der Waals surface area (Å²) >= 11 is 0. The minimum atomic E-state index is -0.370. The molecule has 0 spiro atoms. The number of halogens is 2. The van der Waals surface area contributed by atoms with Crippen molar-refractivity contribution in [2.75, 3.05) is 0 Å². The fourth-order valence-electron chi connectivity index (χ4n) is 3.27. The van der Waals surface area contributed by atoms with Crippen molar-refractivity contribution >= 4 is 0 Å². The van der Waals surface area contributed by atoms with Gasteiger partial charge in [0.25, 0.3) is 0 Å². The van der Waals surface area contributed by atoms with Crippen LogP contribution in [0.3, 0.4) is 0 Å². The van der Waals surface area contributed by atoms with Crippen molar-refractivity contribution < 1.29 is 8.78 Å². The molecule has 1 saturated carbocycles. The van der Waals surface area contributed by atoms with Crippen molar-refractivity contribution in [3.8, 4) is 0 Å². The SMILES string of the molecule is CCCC1CCC(N)C(Cc2cc(F)ccc2F)C1. The minimum Gasteiger partial charge on any atom is -0.327 e. The molecule has 1 fully saturated rings. The Hall–Kier alpha value is -0.960. The van der Waals surface area contributed by atoms with Gasteiger partial charge in [-0.1, -0.05) is 19.8 Å². The van der Waals surface area contributed by atoms with Crippen LogP contribution >= 0.6 is 0 Å². The van der Waals surface area contributed by atoms with E-state index in [0.717, 1.165) is 12.8 Å². The van der Waals surface area contributed by atoms with E-state index >= 15 is 0 Å². The molecule has 3 unspecified atom stereocenters. The molecule has 0 radical (unpaired) electrons. The molecule has 3 atom stereocenters. The molecule has 2 rings (SSSR count). The first kappa shape index (κ1) is 14.4. The maximum absolute atomic E-state index is 13.7. The molecule has 1 aromatic carbocycles. The predicted molar refractivity (Wildman–Crippen MR) is 73.8 cm³/mol. The van der Waals surface area contributed by atoms with Crippen molar-refractivity contribution in [3.63, 3.8) is 0 Å². The highest BCUT2D eigenvalue weighted by atomic mass is 19.1. The van der Waals surface area contributed by atoms with E-state index in [9.17, 15) is 8.78 Å². The van der Waals surface area contributed by atoms with E-state index in [0.29, 0.717) is 17.9 Å². The van der Waals surface area contributed by atoms with Crippen LogP contribution in [0, 0.1) is 23.5 Å². The maximum atomic E-state index is 13.7. The Morgan fingerprint density at radius 3 is 2.79 bits per heavy atom. The zero-order valence-corrected chi connectivity index (χ0v) is 11.5. The average Bonchev–Trinajstić information content (AvgIpc) is 2.38. The van der Waals surface area contributed by atoms with Gasteiger partial charge in [-0.25, -0.2) is 8.78 Å². The van der Waals surface area contributed by atoms with E-state index in [-0.39, 0.29) is 23.6 Å². The Morgan fingerprint density at radius 1 is 1.26 bits per heavy atom. The summed E-state index contributed by atoms with van der Waals surface area (Å²) in [6.45, 7) is 2.19. The first-order valence-corrected chi connectivity index (χ1v) is 7.29. The van der Waals surface area contributed by atoms with E-state index in [1.807, 2.05) is 0 Å². The lowest BCUT2D eigenvalue weighted by atomic mass is 9.74. The van der Waals surface area contributed by atoms with Gasteiger partial charge in [-0.2, -0.15) is 0 Å². The van der Waals surface area contributed by atoms with Crippen LogP contribution in [0.4, 0.5) is 8.78 Å². The van der Waals surface area contributed by atoms with Gasteiger partial charge in [0.2, 0.25) is 0 Å². The van der Waals surface area contributed by atoms with Crippen LogP contribution in [0.15, 0.2) is 18.2 Å². The monoisotopic (exact) mass is 267 g/mol. The molecule has 0 amide bonds. The molecule has 19 heavy (non-hydrogen) atoms. The summed E-state index contributed by atoms with van der Waals surface area (Å²) in [5, 5.41) is 0. The molecule has 1 aliphatic carbocycles. The third-order valence-electron chi connectivity index (χ3n) is 4.34. The Balaban J connectivity index is 2.05. The van der Waals surface area contributed by atoms with Crippen LogP contribution < -0.4 is 5.73 Å². The van der Waals surface area contributed by atoms with E-state index in [1.165, 1.54) is 37.5 Å². The van der Waals surface area contributed by atoms with Gasteiger partial charge in [-0.3, -0.25) is 0 Å². The normalized spacial score (nSPS) is 27.5. The fourth-order valence-corrected chi connectivity index (χ4v) is 3.27. The van der Waals surface area contributed by atoms with E-state index in [2.05, 4.69) is 6.92 Å². The largest absolute Gasteiger partial charge is 0.327 e. The number of rotatable bonds is 4. The second kappa shape index (κ2) is 6.47. The molecule has 1 aromatic rings. The van der Waals surface area contributed by atoms with Gasteiger partial charge in [0, 0.05) is 6.04 Å². The number of hydrogen-bond acceptors (Lipinski definition) is 1. The summed E-state index contributed by atoms with van der Waals surface area (Å²) in [5.74, 6) is 0.296. The smallest absolute Gasteiger partial charge is 0.126 e. The van der Waals surface area contributed by atoms with Crippen molar-refractivity contribution in [1.29, 1.82) is 0 Å². The molecular formula is C16H23F2N. The van der Waals surface area contributed by atoms with Crippen LogP contribution in [-0.2, 0) is 6.42 Å². The van der Waals surface area contributed by atoms with Crippen molar-refractivity contribution in [2.24, 2.45) is 17.6 Å². The Kier molecular flexibility index (Phi) is 4.92. The van der Waals surface area contributed by atoms with E-state index in [4.69, 9.17) is 5.73 Å². The van der Waals surface area contributed by atoms with Gasteiger partial charge in [-0.05, 0) is 61.3 Å². The quantitative estimate of drug-likeness (QED) is 0.875. The fraction of sp³-hybridized carbons (Fsp3) is 0.625. The molecule has 0 heterocycles. The van der Waals surface area contributed by atoms with Crippen molar-refractivity contribution in [1.82, 2.24) is 0 Å². The number of hydrogen-bond donors (Lipinski definition) is 1. The third-order valence-corrected chi connectivity index (χ3v) is 4.34. The van der Waals surface area contributed by atoms with E-state index in [1.54, 1.807) is 0 Å². The Labute approximate surface area is 114 Å². The predicted octanol–water partition coefficient (Wildman–Crippen LogP) is 4.05. The standard InChI is InChI=1S/C16H23F2N/c1-2-3-11-4-7-16(19)13(8-11)9-12-10-14(17)5-6-15(12)18/h5-6,10-11,13,16H,2-4,7-9,19H2,1H3. The molecule has 0 bridgehead atoms. The van der Waals surface area contributed by atoms with Gasteiger partial charge < -0.3 is 5.73 Å². The Bertz CT molecular complexity index is 419. The average molecular weight is 267 g/mol. The summed E-state index contributed by atoms with van der Waals surface area (Å²) in [5.41, 5.74) is 6.63. The zero-order valence-electron chi connectivity index (χ0n) is 11.5. The number of benzene rings is 1. The summed E-state index contributed by atoms with van der Waals surface area (Å²) < 4.78 is 26.9. The molecule has 3 heteroatoms. The van der Waals surface area contributed by atoms with Gasteiger partial charge in [0.1, 0.15) is 11.6 Å². The van der Waals surface area contributed by atoms with Crippen LogP contribution in [0.5, 0.6) is 0 Å². The second-order valence-electron chi connectivity index (χ2n) is 5.83. The summed E-state index contributed by atoms with van der Waals surface area (Å²) in [6, 6.07) is 3.81. The van der Waals surface area contributed by atoms with Gasteiger partial charge >= 0.3 is 0 Å². The molecule has 1 nitrogen and oxygen atoms in total. The van der Waals surface area contributed by atoms with Crippen LogP contribution in [0.25, 0.3) is 0 Å². The lowest BCUT2D eigenvalue weighted by Gasteiger charge is -2.34. The minimum absolute atomic E-state index is 0.121. The van der Waals surface area contributed by atoms with Crippen LogP contribution in [-0.4, -0.2) is 6.04 Å². The summed E-state index contributed by atoms with van der Waals surface area (Å²) in [7, 11) is 0. The van der Waals surface area contributed by atoms with Gasteiger partial charge in [0.05, 0.1) is 0 Å². The zero-order chi connectivity index (χ0) is 13.8. The molecule has 2 N–H and O–H groups in total. The molecule has 1 aliphatic rings. The van der Waals surface area contributed by atoms with E-state index < -0.39 is 0 Å². The van der Waals surface area contributed by atoms with Crippen LogP contribution in [0.2, 0.25) is 0 Å². The lowest BCUT2D eigenvalue weighted by Crippen LogP contribution is -2.37. The van der Waals surface area contributed by atoms with Gasteiger partial charge in [-0.15, -0.1) is 0 Å². The maximum Gasteiger partial charge on any atom is 0.126 e. The lowest BCUT2D eigenvalue weighted by molar-refractivity contribution is 0.220. The third kappa shape index (κ3) is 3.75. The molecule has 0 saturated heterocycles. The topological polar surface area (TPSA) is 26.0 Å². The number of nitrogens with two attached hydrogens (primary N) is 1. The highest BCUT2D eigenvalue weighted by Crippen LogP contribution is 2.33. The summed E-state index contributed by atoms with van der Waals surface area (Å²) in [4.78, 5) is 0. The first-order valence-electron chi connectivity index (χ1n) is 7.29. The molecule has 0 aliphatic heterocycles. The Morgan fingerprint density at radius 2 is 2.05 bits per heavy atom. The molecular weight excluding hydrogens is 244 g/mol. The first-order chi connectivity index (χ1) is 9.10. The van der Waals surface area contributed by atoms with Crippen molar-refractivity contribution in [3.05, 3.63) is 35.4 Å². The van der Waals surface area contributed by atoms with Crippen LogP contribution in [0.1, 0.15) is 44.6 Å². The van der Waals surface area contributed by atoms with Gasteiger partial charge in [0.15, 0.2) is 0 Å². The molecule has 106 valence electrons. The highest BCUT2D eigenvalue weighted by Gasteiger charge is 2.28.